The molecule has 0 aliphatic carbocycles. The minimum atomic E-state index is -0.536. The van der Waals surface area contributed by atoms with E-state index in [0.717, 1.165) is 11.0 Å². The predicted octanol–water partition coefficient (Wildman–Crippen LogP) is 2.09. The molecular weight excluding hydrogens is 283 g/mol. The Morgan fingerprint density at radius 3 is 2.09 bits per heavy atom. The quantitative estimate of drug-likeness (QED) is 0.632. The zero-order valence-corrected chi connectivity index (χ0v) is 14.3. The van der Waals surface area contributed by atoms with Crippen molar-refractivity contribution < 1.29 is 23.6 Å². The topological polar surface area (TPSA) is 54.0 Å². The second-order valence-electron chi connectivity index (χ2n) is 6.49. The Morgan fingerprint density at radius 1 is 1.09 bits per heavy atom. The molecule has 22 heavy (non-hydrogen) atoms. The molecule has 1 fully saturated rings. The van der Waals surface area contributed by atoms with Gasteiger partial charge in [-0.2, -0.15) is 0 Å². The van der Waals surface area contributed by atoms with Crippen molar-refractivity contribution in [1.29, 1.82) is 0 Å². The SMILES string of the molecule is COC(=O)c1cc(C)c(B2OC(C)(C)C(C)(C)O2)c(OC)c1. The van der Waals surface area contributed by atoms with Crippen LogP contribution in [0, 0.1) is 6.92 Å². The average Bonchev–Trinajstić information content (AvgIpc) is 2.64. The Hall–Kier alpha value is -1.53. The summed E-state index contributed by atoms with van der Waals surface area (Å²) in [4.78, 5) is 11.7. The van der Waals surface area contributed by atoms with Gasteiger partial charge in [0.15, 0.2) is 0 Å². The molecule has 1 aromatic rings. The number of methoxy groups -OCH3 is 2. The third-order valence-electron chi connectivity index (χ3n) is 4.48. The molecule has 0 saturated carbocycles. The van der Waals surface area contributed by atoms with E-state index in [1.165, 1.54) is 7.11 Å². The molecular formula is C16H23BO5. The maximum absolute atomic E-state index is 11.7. The molecule has 0 unspecified atom stereocenters. The first kappa shape index (κ1) is 16.8. The molecule has 2 rings (SSSR count). The summed E-state index contributed by atoms with van der Waals surface area (Å²) in [6, 6.07) is 3.41. The fraction of sp³-hybridized carbons (Fsp3) is 0.562. The molecule has 0 atom stereocenters. The first-order valence-electron chi connectivity index (χ1n) is 7.25. The van der Waals surface area contributed by atoms with Crippen LogP contribution in [0.2, 0.25) is 0 Å². The number of ether oxygens (including phenoxy) is 2. The maximum Gasteiger partial charge on any atom is 0.498 e. The van der Waals surface area contributed by atoms with E-state index < -0.39 is 24.3 Å². The lowest BCUT2D eigenvalue weighted by Crippen LogP contribution is -2.41. The second-order valence-corrected chi connectivity index (χ2v) is 6.49. The van der Waals surface area contributed by atoms with Gasteiger partial charge in [-0.1, -0.05) is 0 Å². The molecule has 0 aromatic heterocycles. The fourth-order valence-electron chi connectivity index (χ4n) is 2.43. The van der Waals surface area contributed by atoms with Crippen LogP contribution in [-0.4, -0.2) is 38.5 Å². The van der Waals surface area contributed by atoms with Crippen molar-refractivity contribution in [2.75, 3.05) is 14.2 Å². The lowest BCUT2D eigenvalue weighted by molar-refractivity contribution is 0.00578. The summed E-state index contributed by atoms with van der Waals surface area (Å²) in [7, 11) is 2.38. The summed E-state index contributed by atoms with van der Waals surface area (Å²) in [5, 5.41) is 0. The fourth-order valence-corrected chi connectivity index (χ4v) is 2.43. The summed E-state index contributed by atoms with van der Waals surface area (Å²) < 4.78 is 22.4. The van der Waals surface area contributed by atoms with Gasteiger partial charge in [0, 0.05) is 5.46 Å². The smallest absolute Gasteiger partial charge is 0.497 e. The minimum absolute atomic E-state index is 0.401. The molecule has 1 aliphatic heterocycles. The van der Waals surface area contributed by atoms with Crippen LogP contribution in [0.4, 0.5) is 0 Å². The standard InChI is InChI=1S/C16H23BO5/c1-10-8-11(14(18)20-7)9-12(19-6)13(10)17-21-15(2,3)16(4,5)22-17/h8-9H,1-7H3. The van der Waals surface area contributed by atoms with Crippen molar-refractivity contribution in [2.45, 2.75) is 45.8 Å². The van der Waals surface area contributed by atoms with Crippen molar-refractivity contribution >= 4 is 18.6 Å². The molecule has 120 valence electrons. The van der Waals surface area contributed by atoms with E-state index in [1.54, 1.807) is 19.2 Å². The number of rotatable bonds is 3. The molecule has 1 heterocycles. The van der Waals surface area contributed by atoms with Crippen LogP contribution in [0.15, 0.2) is 12.1 Å². The number of carbonyl (C=O) groups is 1. The third-order valence-corrected chi connectivity index (χ3v) is 4.48. The first-order valence-corrected chi connectivity index (χ1v) is 7.25. The van der Waals surface area contributed by atoms with Gasteiger partial charge in [-0.25, -0.2) is 4.79 Å². The van der Waals surface area contributed by atoms with Crippen LogP contribution in [0.25, 0.3) is 0 Å². The van der Waals surface area contributed by atoms with Crippen LogP contribution < -0.4 is 10.2 Å². The monoisotopic (exact) mass is 306 g/mol. The largest absolute Gasteiger partial charge is 0.498 e. The van der Waals surface area contributed by atoms with Crippen LogP contribution in [0.5, 0.6) is 5.75 Å². The van der Waals surface area contributed by atoms with Crippen molar-refractivity contribution in [2.24, 2.45) is 0 Å². The molecule has 0 N–H and O–H groups in total. The highest BCUT2D eigenvalue weighted by Crippen LogP contribution is 2.37. The van der Waals surface area contributed by atoms with E-state index in [9.17, 15) is 4.79 Å². The second kappa shape index (κ2) is 5.59. The maximum atomic E-state index is 11.7. The molecule has 6 heteroatoms. The van der Waals surface area contributed by atoms with Gasteiger partial charge in [-0.15, -0.1) is 0 Å². The summed E-state index contributed by atoms with van der Waals surface area (Å²) in [5.74, 6) is 0.153. The number of carbonyl (C=O) groups excluding carboxylic acids is 1. The Kier molecular flexibility index (Phi) is 4.28. The highest BCUT2D eigenvalue weighted by molar-refractivity contribution is 6.63. The molecule has 0 bridgehead atoms. The van der Waals surface area contributed by atoms with Gasteiger partial charge in [-0.3, -0.25) is 0 Å². The normalized spacial score (nSPS) is 19.1. The number of benzene rings is 1. The van der Waals surface area contributed by atoms with Gasteiger partial charge < -0.3 is 18.8 Å². The zero-order valence-electron chi connectivity index (χ0n) is 14.3. The van der Waals surface area contributed by atoms with E-state index in [0.29, 0.717) is 11.3 Å². The Balaban J connectivity index is 2.47. The average molecular weight is 306 g/mol. The number of hydrogen-bond donors (Lipinski definition) is 0. The lowest BCUT2D eigenvalue weighted by Gasteiger charge is -2.32. The van der Waals surface area contributed by atoms with Crippen LogP contribution in [0.3, 0.4) is 0 Å². The summed E-state index contributed by atoms with van der Waals surface area (Å²) in [6.45, 7) is 9.89. The van der Waals surface area contributed by atoms with Gasteiger partial charge in [-0.05, 0) is 52.3 Å². The van der Waals surface area contributed by atoms with E-state index in [2.05, 4.69) is 0 Å². The summed E-state index contributed by atoms with van der Waals surface area (Å²) >= 11 is 0. The van der Waals surface area contributed by atoms with Crippen molar-refractivity contribution in [3.05, 3.63) is 23.3 Å². The van der Waals surface area contributed by atoms with Crippen molar-refractivity contribution in [1.82, 2.24) is 0 Å². The van der Waals surface area contributed by atoms with Crippen molar-refractivity contribution in [3.63, 3.8) is 0 Å². The number of aryl methyl sites for hydroxylation is 1. The molecule has 5 nitrogen and oxygen atoms in total. The van der Waals surface area contributed by atoms with Crippen LogP contribution >= 0.6 is 0 Å². The third kappa shape index (κ3) is 2.73. The zero-order chi connectivity index (χ0) is 16.7. The number of hydrogen-bond acceptors (Lipinski definition) is 5. The van der Waals surface area contributed by atoms with Crippen LogP contribution in [0.1, 0.15) is 43.6 Å². The Bertz CT molecular complexity index is 578. The van der Waals surface area contributed by atoms with Gasteiger partial charge in [0.1, 0.15) is 5.75 Å². The lowest BCUT2D eigenvalue weighted by atomic mass is 9.75. The predicted molar refractivity (Wildman–Crippen MR) is 84.8 cm³/mol. The molecule has 1 saturated heterocycles. The van der Waals surface area contributed by atoms with Gasteiger partial charge in [0.05, 0.1) is 31.0 Å². The summed E-state index contributed by atoms with van der Waals surface area (Å²) in [5.41, 5.74) is 1.23. The van der Waals surface area contributed by atoms with Crippen LogP contribution in [-0.2, 0) is 14.0 Å². The van der Waals surface area contributed by atoms with E-state index in [1.807, 2.05) is 34.6 Å². The van der Waals surface area contributed by atoms with E-state index in [4.69, 9.17) is 18.8 Å². The highest BCUT2D eigenvalue weighted by Gasteiger charge is 2.52. The van der Waals surface area contributed by atoms with Gasteiger partial charge >= 0.3 is 13.1 Å². The Labute approximate surface area is 132 Å². The molecule has 0 radical (unpaired) electrons. The molecule has 0 spiro atoms. The molecule has 0 amide bonds. The van der Waals surface area contributed by atoms with Crippen molar-refractivity contribution in [3.8, 4) is 5.75 Å². The minimum Gasteiger partial charge on any atom is -0.497 e. The van der Waals surface area contributed by atoms with E-state index >= 15 is 0 Å². The highest BCUT2D eigenvalue weighted by atomic mass is 16.7. The first-order chi connectivity index (χ1) is 10.1. The van der Waals surface area contributed by atoms with Gasteiger partial charge in [0.25, 0.3) is 0 Å². The van der Waals surface area contributed by atoms with Gasteiger partial charge in [0.2, 0.25) is 0 Å². The Morgan fingerprint density at radius 2 is 1.64 bits per heavy atom. The molecule has 1 aromatic carbocycles. The summed E-state index contributed by atoms with van der Waals surface area (Å²) in [6.07, 6.45) is 0. The molecule has 1 aliphatic rings. The number of esters is 1. The van der Waals surface area contributed by atoms with E-state index in [-0.39, 0.29) is 0 Å².